The molecule has 8 nitrogen and oxygen atoms in total. The molecule has 1 aromatic carbocycles. The van der Waals surface area contributed by atoms with E-state index in [1.54, 1.807) is 13.3 Å². The van der Waals surface area contributed by atoms with E-state index in [2.05, 4.69) is 19.8 Å². The van der Waals surface area contributed by atoms with E-state index in [1.165, 1.54) is 7.11 Å². The van der Waals surface area contributed by atoms with Crippen molar-refractivity contribution in [3.05, 3.63) is 36.0 Å². The van der Waals surface area contributed by atoms with E-state index in [9.17, 15) is 9.90 Å². The summed E-state index contributed by atoms with van der Waals surface area (Å²) in [4.78, 5) is 23.3. The molecule has 31 heavy (non-hydrogen) atoms. The van der Waals surface area contributed by atoms with Crippen molar-refractivity contribution < 1.29 is 24.2 Å². The number of carbonyl (C=O) groups excluding carboxylic acids is 1. The largest absolute Gasteiger partial charge is 0.497 e. The molecule has 3 aliphatic heterocycles. The molecule has 0 radical (unpaired) electrons. The van der Waals surface area contributed by atoms with Crippen LogP contribution >= 0.6 is 0 Å². The number of hydrogen-bond acceptors (Lipinski definition) is 8. The minimum Gasteiger partial charge on any atom is -0.497 e. The molecule has 1 unspecified atom stereocenters. The summed E-state index contributed by atoms with van der Waals surface area (Å²) in [5.41, 5.74) is 2.74. The molecular weight excluding hydrogens is 398 g/mol. The fraction of sp³-hybridized carbons (Fsp3) is 0.522. The van der Waals surface area contributed by atoms with Gasteiger partial charge in [-0.2, -0.15) is 0 Å². The molecule has 1 N–H and O–H groups in total. The average Bonchev–Trinajstić information content (AvgIpc) is 2.82. The number of piperidine rings is 3. The lowest BCUT2D eigenvalue weighted by Gasteiger charge is -2.47. The zero-order chi connectivity index (χ0) is 21.8. The van der Waals surface area contributed by atoms with Gasteiger partial charge in [0.25, 0.3) is 0 Å². The zero-order valence-corrected chi connectivity index (χ0v) is 18.0. The highest BCUT2D eigenvalue weighted by Crippen LogP contribution is 2.38. The minimum atomic E-state index is -0.622. The van der Waals surface area contributed by atoms with E-state index in [0.29, 0.717) is 31.9 Å². The molecule has 4 atom stereocenters. The maximum absolute atomic E-state index is 11.3. The molecule has 0 aliphatic carbocycles. The Labute approximate surface area is 181 Å². The molecule has 4 heterocycles. The number of nitrogens with zero attached hydrogens (tertiary/aromatic N) is 3. The van der Waals surface area contributed by atoms with Crippen LogP contribution in [-0.4, -0.2) is 66.6 Å². The van der Waals surface area contributed by atoms with E-state index in [1.807, 2.05) is 24.3 Å². The third-order valence-electron chi connectivity index (χ3n) is 6.29. The first-order chi connectivity index (χ1) is 15.1. The molecule has 5 rings (SSSR count). The van der Waals surface area contributed by atoms with Crippen molar-refractivity contribution in [1.82, 2.24) is 9.88 Å². The Morgan fingerprint density at radius 3 is 2.97 bits per heavy atom. The van der Waals surface area contributed by atoms with Crippen molar-refractivity contribution in [3.8, 4) is 5.75 Å². The fourth-order valence-corrected chi connectivity index (χ4v) is 4.56. The minimum absolute atomic E-state index is 0.0221. The number of methoxy groups -OCH3 is 2. The monoisotopic (exact) mass is 427 g/mol. The van der Waals surface area contributed by atoms with Gasteiger partial charge in [0.05, 0.1) is 31.6 Å². The lowest BCUT2D eigenvalue weighted by molar-refractivity contribution is -0.141. The Morgan fingerprint density at radius 2 is 2.23 bits per heavy atom. The summed E-state index contributed by atoms with van der Waals surface area (Å²) in [5.74, 6) is 0.809. The Kier molecular flexibility index (Phi) is 6.67. The van der Waals surface area contributed by atoms with Crippen LogP contribution in [0.2, 0.25) is 0 Å². The topological polar surface area (TPSA) is 93.5 Å². The first kappa shape index (κ1) is 21.5. The van der Waals surface area contributed by atoms with Gasteiger partial charge in [-0.15, -0.1) is 0 Å². The van der Waals surface area contributed by atoms with Crippen LogP contribution in [0, 0.1) is 5.92 Å². The van der Waals surface area contributed by atoms with Crippen molar-refractivity contribution in [3.63, 3.8) is 0 Å². The number of carbonyl (C=O) groups is 1. The van der Waals surface area contributed by atoms with Gasteiger partial charge < -0.3 is 19.4 Å². The summed E-state index contributed by atoms with van der Waals surface area (Å²) in [6.45, 7) is 2.01. The summed E-state index contributed by atoms with van der Waals surface area (Å²) in [6.07, 6.45) is 3.88. The lowest BCUT2D eigenvalue weighted by atomic mass is 9.78. The summed E-state index contributed by atoms with van der Waals surface area (Å²) in [7, 11) is 3.02. The van der Waals surface area contributed by atoms with Crippen molar-refractivity contribution in [2.75, 3.05) is 33.9 Å². The molecule has 0 saturated carbocycles. The highest BCUT2D eigenvalue weighted by molar-refractivity contribution is 5.90. The van der Waals surface area contributed by atoms with Crippen LogP contribution < -0.4 is 4.74 Å². The van der Waals surface area contributed by atoms with Crippen LogP contribution in [0.25, 0.3) is 10.9 Å². The normalized spacial score (nSPS) is 24.9. The molecule has 2 aromatic rings. The van der Waals surface area contributed by atoms with Gasteiger partial charge in [-0.05, 0) is 55.6 Å². The van der Waals surface area contributed by atoms with Crippen LogP contribution in [0.15, 0.2) is 35.6 Å². The van der Waals surface area contributed by atoms with Crippen LogP contribution in [0.5, 0.6) is 5.75 Å². The van der Waals surface area contributed by atoms with Gasteiger partial charge in [0.15, 0.2) is 0 Å². The van der Waals surface area contributed by atoms with Crippen LogP contribution in [0.3, 0.4) is 0 Å². The number of aliphatic hydroxyl groups is 1. The summed E-state index contributed by atoms with van der Waals surface area (Å²) < 4.78 is 9.99. The van der Waals surface area contributed by atoms with E-state index >= 15 is 0 Å². The van der Waals surface area contributed by atoms with Crippen LogP contribution in [0.1, 0.15) is 37.4 Å². The maximum atomic E-state index is 11.3. The van der Waals surface area contributed by atoms with Crippen molar-refractivity contribution in [1.29, 1.82) is 0 Å². The van der Waals surface area contributed by atoms with Gasteiger partial charge in [0, 0.05) is 36.5 Å². The second-order valence-corrected chi connectivity index (χ2v) is 8.08. The van der Waals surface area contributed by atoms with Gasteiger partial charge in [-0.1, -0.05) is 5.16 Å². The molecule has 3 fully saturated rings. The van der Waals surface area contributed by atoms with Crippen molar-refractivity contribution >= 4 is 22.6 Å². The highest BCUT2D eigenvalue weighted by Gasteiger charge is 2.42. The van der Waals surface area contributed by atoms with E-state index in [4.69, 9.17) is 9.57 Å². The number of rotatable bonds is 8. The molecular formula is C23H29N3O5. The number of oxime groups is 1. The summed E-state index contributed by atoms with van der Waals surface area (Å²) in [5, 5.41) is 16.6. The highest BCUT2D eigenvalue weighted by atomic mass is 16.6. The van der Waals surface area contributed by atoms with E-state index in [0.717, 1.165) is 47.3 Å². The number of aliphatic hydroxyl groups excluding tert-OH is 1. The molecule has 3 saturated heterocycles. The lowest BCUT2D eigenvalue weighted by Crippen LogP contribution is -2.55. The molecule has 0 amide bonds. The third kappa shape index (κ3) is 4.65. The molecule has 0 spiro atoms. The quantitative estimate of drug-likeness (QED) is 0.393. The zero-order valence-electron chi connectivity index (χ0n) is 18.0. The average molecular weight is 428 g/mol. The summed E-state index contributed by atoms with van der Waals surface area (Å²) in [6, 6.07) is 7.65. The molecule has 2 bridgehead atoms. The van der Waals surface area contributed by atoms with Gasteiger partial charge in [0.1, 0.15) is 12.4 Å². The first-order valence-corrected chi connectivity index (χ1v) is 10.7. The smallest absolute Gasteiger partial charge is 0.305 e. The van der Waals surface area contributed by atoms with Gasteiger partial charge in [-0.3, -0.25) is 14.7 Å². The second kappa shape index (κ2) is 9.62. The molecule has 166 valence electrons. The number of esters is 1. The van der Waals surface area contributed by atoms with E-state index < -0.39 is 6.10 Å². The maximum Gasteiger partial charge on any atom is 0.305 e. The SMILES string of the molecule is COC(=O)CCCON=C1CN2CC[C@H]1C[C@H]2[C@H](O)c1ccnc2ccc(OC)cc12. The molecule has 1 aromatic heterocycles. The second-order valence-electron chi connectivity index (χ2n) is 8.08. The van der Waals surface area contributed by atoms with E-state index in [-0.39, 0.29) is 12.0 Å². The van der Waals surface area contributed by atoms with Crippen molar-refractivity contribution in [2.24, 2.45) is 11.1 Å². The molecule has 8 heteroatoms. The predicted molar refractivity (Wildman–Crippen MR) is 116 cm³/mol. The first-order valence-electron chi connectivity index (χ1n) is 10.7. The number of pyridine rings is 1. The van der Waals surface area contributed by atoms with Gasteiger partial charge in [0.2, 0.25) is 0 Å². The molecule has 3 aliphatic rings. The third-order valence-corrected chi connectivity index (χ3v) is 6.29. The Bertz CT molecular complexity index is 963. The Morgan fingerprint density at radius 1 is 1.35 bits per heavy atom. The van der Waals surface area contributed by atoms with Crippen LogP contribution in [-0.2, 0) is 14.4 Å². The summed E-state index contributed by atoms with van der Waals surface area (Å²) >= 11 is 0. The number of aromatic nitrogens is 1. The van der Waals surface area contributed by atoms with Crippen LogP contribution in [0.4, 0.5) is 0 Å². The standard InChI is InChI=1S/C23H29N3O5/c1-29-16-5-6-19-18(13-16)17(7-9-24-19)23(28)21-12-15-8-10-26(21)14-20(15)25-31-11-3-4-22(27)30-2/h5-7,9,13,15,21,23,28H,3-4,8,10-12,14H2,1-2H3/t15-,21-,23+/m0/s1. The fourth-order valence-electron chi connectivity index (χ4n) is 4.56. The number of hydrogen-bond donors (Lipinski definition) is 1. The Hall–Kier alpha value is -2.71. The number of fused-ring (bicyclic) bond motifs is 4. The van der Waals surface area contributed by atoms with Gasteiger partial charge in [-0.25, -0.2) is 0 Å². The van der Waals surface area contributed by atoms with Crippen molar-refractivity contribution in [2.45, 2.75) is 37.8 Å². The van der Waals surface area contributed by atoms with Gasteiger partial charge >= 0.3 is 5.97 Å². The Balaban J connectivity index is 1.43. The number of benzene rings is 1. The number of ether oxygens (including phenoxy) is 2. The predicted octanol–water partition coefficient (Wildman–Crippen LogP) is 2.70.